The Labute approximate surface area is 181 Å². The summed E-state index contributed by atoms with van der Waals surface area (Å²) in [6, 6.07) is 1.96. The monoisotopic (exact) mass is 430 g/mol. The predicted octanol–water partition coefficient (Wildman–Crippen LogP) is 2.53. The molecule has 0 bridgehead atoms. The van der Waals surface area contributed by atoms with Crippen LogP contribution in [0.25, 0.3) is 0 Å². The molecular formula is C23H30F2N5O+. The molecule has 3 fully saturated rings. The van der Waals surface area contributed by atoms with E-state index in [2.05, 4.69) is 26.0 Å². The molecule has 1 aromatic heterocycles. The van der Waals surface area contributed by atoms with Crippen molar-refractivity contribution < 1.29 is 18.8 Å². The van der Waals surface area contributed by atoms with Gasteiger partial charge in [-0.2, -0.15) is 8.78 Å². The molecule has 2 saturated carbocycles. The van der Waals surface area contributed by atoms with Crippen LogP contribution in [0.3, 0.4) is 0 Å². The quantitative estimate of drug-likeness (QED) is 0.415. The molecule has 1 aromatic rings. The van der Waals surface area contributed by atoms with Gasteiger partial charge in [0, 0.05) is 29.8 Å². The van der Waals surface area contributed by atoms with Crippen molar-refractivity contribution in [1.29, 1.82) is 5.41 Å². The molecule has 2 heterocycles. The summed E-state index contributed by atoms with van der Waals surface area (Å²) in [7, 11) is 0. The molecule has 1 unspecified atom stereocenters. The highest BCUT2D eigenvalue weighted by molar-refractivity contribution is 6.07. The Morgan fingerprint density at radius 1 is 1.35 bits per heavy atom. The van der Waals surface area contributed by atoms with E-state index in [0.29, 0.717) is 23.4 Å². The Bertz CT molecular complexity index is 921. The van der Waals surface area contributed by atoms with Crippen LogP contribution in [0.4, 0.5) is 14.6 Å². The first-order valence-corrected chi connectivity index (χ1v) is 11.3. The Balaban J connectivity index is 1.33. The number of fused-ring (bicyclic) bond motifs is 1. The molecule has 0 aromatic carbocycles. The van der Waals surface area contributed by atoms with E-state index in [1.54, 1.807) is 0 Å². The average molecular weight is 431 g/mol. The number of nitrogens with zero attached hydrogens (tertiary/aromatic N) is 2. The second-order valence-corrected chi connectivity index (χ2v) is 9.22. The maximum absolute atomic E-state index is 12.6. The van der Waals surface area contributed by atoms with E-state index >= 15 is 0 Å². The number of pyridine rings is 1. The van der Waals surface area contributed by atoms with Gasteiger partial charge in [-0.05, 0) is 57.2 Å². The molecule has 4 aliphatic rings. The van der Waals surface area contributed by atoms with Crippen molar-refractivity contribution in [2.24, 2.45) is 17.8 Å². The fourth-order valence-corrected chi connectivity index (χ4v) is 5.12. The van der Waals surface area contributed by atoms with E-state index in [0.717, 1.165) is 12.5 Å². The van der Waals surface area contributed by atoms with Crippen LogP contribution in [0.5, 0.6) is 5.75 Å². The summed E-state index contributed by atoms with van der Waals surface area (Å²) >= 11 is 0. The van der Waals surface area contributed by atoms with Crippen LogP contribution in [-0.4, -0.2) is 47.9 Å². The number of nitrogen functional groups attached to an aromatic ring is 1. The van der Waals surface area contributed by atoms with Gasteiger partial charge in [-0.15, -0.1) is 0 Å². The first kappa shape index (κ1) is 20.6. The van der Waals surface area contributed by atoms with Crippen molar-refractivity contribution in [3.63, 3.8) is 0 Å². The van der Waals surface area contributed by atoms with Gasteiger partial charge in [0.15, 0.2) is 11.6 Å². The standard InChI is InChI=1S/C23H29F2N5O/c24-23(25)31-20-7-14(12-29-22(20)27)18(26)10-19(28-11-13-3-4-13)21-16-8-15(9-17(16)21)30-5-1-2-6-30/h7-8,10,12-13,15,17,21,23,26,28H,1-6,9,11H2,(H2,27,29)/p+1/b19-10-,26-18?/t15?,17-,21-/m1/s1. The highest BCUT2D eigenvalue weighted by Crippen LogP contribution is 2.56. The minimum atomic E-state index is -2.98. The molecule has 31 heavy (non-hydrogen) atoms. The number of hydrogen-bond donors (Lipinski definition) is 3. The second kappa shape index (κ2) is 8.31. The summed E-state index contributed by atoms with van der Waals surface area (Å²) in [6.45, 7) is 0.485. The molecule has 1 saturated heterocycles. The Kier molecular flexibility index (Phi) is 5.52. The SMILES string of the molecule is N=C(/C=C(\[NH2+]CC1CC1)[C@@H]1C2=CC(N3CCCC3)C[C@H]21)c1cnc(N)c(OC(F)F)c1. The van der Waals surface area contributed by atoms with Gasteiger partial charge in [0.1, 0.15) is 5.70 Å². The van der Waals surface area contributed by atoms with Crippen LogP contribution < -0.4 is 15.8 Å². The zero-order valence-electron chi connectivity index (χ0n) is 17.6. The average Bonchev–Trinajstić information content (AvgIpc) is 3.55. The predicted molar refractivity (Wildman–Crippen MR) is 114 cm³/mol. The van der Waals surface area contributed by atoms with E-state index in [1.165, 1.54) is 68.7 Å². The first-order chi connectivity index (χ1) is 15.0. The van der Waals surface area contributed by atoms with Gasteiger partial charge < -0.3 is 15.8 Å². The summed E-state index contributed by atoms with van der Waals surface area (Å²) in [5, 5.41) is 10.9. The van der Waals surface area contributed by atoms with Gasteiger partial charge in [0.2, 0.25) is 0 Å². The topological polar surface area (TPSA) is 91.8 Å². The minimum absolute atomic E-state index is 0.101. The number of likely N-dealkylation sites (tertiary alicyclic amines) is 1. The molecule has 0 amide bonds. The molecule has 3 aliphatic carbocycles. The smallest absolute Gasteiger partial charge is 0.387 e. The van der Waals surface area contributed by atoms with Crippen LogP contribution in [-0.2, 0) is 0 Å². The van der Waals surface area contributed by atoms with Gasteiger partial charge in [-0.1, -0.05) is 11.6 Å². The number of quaternary nitrogens is 1. The van der Waals surface area contributed by atoms with Crippen LogP contribution in [0, 0.1) is 23.2 Å². The lowest BCUT2D eigenvalue weighted by Crippen LogP contribution is -2.83. The molecule has 0 spiro atoms. The number of anilines is 1. The maximum Gasteiger partial charge on any atom is 0.387 e. The van der Waals surface area contributed by atoms with Gasteiger partial charge in [-0.25, -0.2) is 4.98 Å². The van der Waals surface area contributed by atoms with Crippen LogP contribution >= 0.6 is 0 Å². The summed E-state index contributed by atoms with van der Waals surface area (Å²) < 4.78 is 29.7. The summed E-state index contributed by atoms with van der Waals surface area (Å²) in [5.41, 5.74) is 9.01. The van der Waals surface area contributed by atoms with Crippen molar-refractivity contribution in [2.75, 3.05) is 25.4 Å². The highest BCUT2D eigenvalue weighted by atomic mass is 19.3. The highest BCUT2D eigenvalue weighted by Gasteiger charge is 2.54. The lowest BCUT2D eigenvalue weighted by molar-refractivity contribution is -0.613. The fourth-order valence-electron chi connectivity index (χ4n) is 5.12. The summed E-state index contributed by atoms with van der Waals surface area (Å²) in [4.78, 5) is 6.54. The lowest BCUT2D eigenvalue weighted by Gasteiger charge is -2.23. The third-order valence-corrected chi connectivity index (χ3v) is 7.03. The van der Waals surface area contributed by atoms with E-state index in [1.807, 2.05) is 6.08 Å². The third-order valence-electron chi connectivity index (χ3n) is 7.03. The van der Waals surface area contributed by atoms with Gasteiger partial charge >= 0.3 is 6.61 Å². The Morgan fingerprint density at radius 2 is 2.13 bits per heavy atom. The number of allylic oxidation sites excluding steroid dienone is 2. The number of aromatic nitrogens is 1. The number of alkyl halides is 2. The molecule has 8 heteroatoms. The molecular weight excluding hydrogens is 400 g/mol. The molecule has 166 valence electrons. The third kappa shape index (κ3) is 4.50. The van der Waals surface area contributed by atoms with E-state index in [-0.39, 0.29) is 17.3 Å². The largest absolute Gasteiger partial charge is 0.431 e. The van der Waals surface area contributed by atoms with Crippen molar-refractivity contribution in [3.05, 3.63) is 41.2 Å². The zero-order valence-corrected chi connectivity index (χ0v) is 17.6. The number of nitrogens with two attached hydrogens (primary N) is 2. The second-order valence-electron chi connectivity index (χ2n) is 9.22. The maximum atomic E-state index is 12.6. The normalized spacial score (nSPS) is 28.0. The molecule has 5 N–H and O–H groups in total. The van der Waals surface area contributed by atoms with Crippen molar-refractivity contribution >= 4 is 11.5 Å². The van der Waals surface area contributed by atoms with E-state index < -0.39 is 6.61 Å². The van der Waals surface area contributed by atoms with E-state index in [4.69, 9.17) is 11.1 Å². The van der Waals surface area contributed by atoms with Gasteiger partial charge in [0.05, 0.1) is 18.2 Å². The van der Waals surface area contributed by atoms with Gasteiger partial charge in [-0.3, -0.25) is 10.3 Å². The number of rotatable bonds is 9. The molecule has 1 aliphatic heterocycles. The number of ether oxygens (including phenoxy) is 1. The van der Waals surface area contributed by atoms with Crippen LogP contribution in [0.15, 0.2) is 35.7 Å². The molecule has 6 nitrogen and oxygen atoms in total. The van der Waals surface area contributed by atoms with Crippen LogP contribution in [0.1, 0.15) is 37.7 Å². The van der Waals surface area contributed by atoms with Crippen molar-refractivity contribution in [2.45, 2.75) is 44.8 Å². The van der Waals surface area contributed by atoms with Crippen LogP contribution in [0.2, 0.25) is 0 Å². The number of hydrogen-bond acceptors (Lipinski definition) is 5. The summed E-state index contributed by atoms with van der Waals surface area (Å²) in [6.07, 6.45) is 12.1. The fraction of sp³-hybridized carbons (Fsp3) is 0.565. The van der Waals surface area contributed by atoms with Crippen molar-refractivity contribution in [3.8, 4) is 5.75 Å². The molecule has 3 atom stereocenters. The number of nitrogens with one attached hydrogen (secondary N) is 1. The molecule has 0 radical (unpaired) electrons. The van der Waals surface area contributed by atoms with E-state index in [9.17, 15) is 8.78 Å². The Morgan fingerprint density at radius 3 is 2.77 bits per heavy atom. The Hall–Kier alpha value is -2.32. The van der Waals surface area contributed by atoms with Crippen molar-refractivity contribution in [1.82, 2.24) is 9.88 Å². The zero-order chi connectivity index (χ0) is 21.5. The number of halogens is 2. The lowest BCUT2D eigenvalue weighted by atomic mass is 10.0. The molecule has 5 rings (SSSR count). The minimum Gasteiger partial charge on any atom is -0.431 e. The van der Waals surface area contributed by atoms with Gasteiger partial charge in [0.25, 0.3) is 0 Å². The first-order valence-electron chi connectivity index (χ1n) is 11.3. The summed E-state index contributed by atoms with van der Waals surface area (Å²) in [5.74, 6) is 1.47.